The van der Waals surface area contributed by atoms with Crippen LogP contribution in [-0.4, -0.2) is 23.2 Å². The highest BCUT2D eigenvalue weighted by atomic mass is 16.3. The van der Waals surface area contributed by atoms with Gasteiger partial charge in [0.05, 0.1) is 0 Å². The lowest BCUT2D eigenvalue weighted by molar-refractivity contribution is 0.0862. The molecular formula is C13H17N3O. The molecule has 0 saturated heterocycles. The van der Waals surface area contributed by atoms with Crippen LogP contribution in [0.5, 0.6) is 0 Å². The number of aliphatic hydroxyl groups is 1. The Bertz CT molecular complexity index is 424. The molecule has 1 atom stereocenters. The topological polar surface area (TPSA) is 71.0 Å². The van der Waals surface area contributed by atoms with E-state index in [1.165, 1.54) is 0 Å². The van der Waals surface area contributed by atoms with E-state index in [2.05, 4.69) is 16.9 Å². The molecule has 1 aliphatic heterocycles. The van der Waals surface area contributed by atoms with Gasteiger partial charge in [-0.2, -0.15) is 0 Å². The second kappa shape index (κ2) is 4.67. The molecule has 1 unspecified atom stereocenters. The predicted octanol–water partition coefficient (Wildman–Crippen LogP) is 1.95. The summed E-state index contributed by atoms with van der Waals surface area (Å²) in [5.74, 6) is 0. The lowest BCUT2D eigenvalue weighted by atomic mass is 9.93. The first kappa shape index (κ1) is 11.8. The van der Waals surface area contributed by atoms with Gasteiger partial charge in [-0.25, -0.2) is 0 Å². The van der Waals surface area contributed by atoms with Crippen molar-refractivity contribution >= 4 is 18.1 Å². The van der Waals surface area contributed by atoms with Crippen LogP contribution in [0, 0.1) is 0 Å². The lowest BCUT2D eigenvalue weighted by Crippen LogP contribution is -2.30. The van der Waals surface area contributed by atoms with E-state index in [1.54, 1.807) is 24.6 Å². The molecule has 90 valence electrons. The van der Waals surface area contributed by atoms with E-state index in [1.807, 2.05) is 12.1 Å². The molecule has 0 bridgehead atoms. The molecule has 1 aromatic carbocycles. The Balaban J connectivity index is 2.28. The maximum Gasteiger partial charge on any atom is 0.179 e. The fourth-order valence-electron chi connectivity index (χ4n) is 2.08. The summed E-state index contributed by atoms with van der Waals surface area (Å²) in [6, 6.07) is 7.20. The zero-order valence-electron chi connectivity index (χ0n) is 9.87. The number of benzene rings is 1. The molecule has 1 aromatic rings. The van der Waals surface area contributed by atoms with E-state index in [-0.39, 0.29) is 0 Å². The molecule has 0 amide bonds. The van der Waals surface area contributed by atoms with Gasteiger partial charge in [0.2, 0.25) is 0 Å². The molecular weight excluding hydrogens is 214 g/mol. The fourth-order valence-corrected chi connectivity index (χ4v) is 2.08. The van der Waals surface area contributed by atoms with Crippen molar-refractivity contribution < 1.29 is 5.11 Å². The summed E-state index contributed by atoms with van der Waals surface area (Å²) >= 11 is 0. The van der Waals surface area contributed by atoms with Crippen LogP contribution >= 0.6 is 0 Å². The standard InChI is InChI=1S/C13H17N3O/c1-2-7-13(15-8-9-16-13)12(17)10-3-5-11(14)6-4-10/h3-6,8-9,12,17H,2,7,14H2,1H3. The van der Waals surface area contributed by atoms with E-state index >= 15 is 0 Å². The third-order valence-electron chi connectivity index (χ3n) is 2.97. The molecule has 0 aromatic heterocycles. The van der Waals surface area contributed by atoms with Crippen molar-refractivity contribution in [1.29, 1.82) is 0 Å². The normalized spacial score (nSPS) is 18.5. The van der Waals surface area contributed by atoms with Gasteiger partial charge >= 0.3 is 0 Å². The molecule has 4 heteroatoms. The van der Waals surface area contributed by atoms with Crippen molar-refractivity contribution in [3.8, 4) is 0 Å². The number of nitrogens with two attached hydrogens (primary N) is 1. The number of nitrogens with zero attached hydrogens (tertiary/aromatic N) is 2. The highest BCUT2D eigenvalue weighted by molar-refractivity contribution is 6.17. The van der Waals surface area contributed by atoms with E-state index in [0.717, 1.165) is 18.4 Å². The first-order valence-corrected chi connectivity index (χ1v) is 5.80. The zero-order chi connectivity index (χ0) is 12.3. The van der Waals surface area contributed by atoms with Crippen LogP contribution in [0.25, 0.3) is 0 Å². The minimum atomic E-state index is -0.745. The third kappa shape index (κ3) is 2.22. The van der Waals surface area contributed by atoms with Crippen LogP contribution in [0.1, 0.15) is 31.4 Å². The Morgan fingerprint density at radius 2 is 1.82 bits per heavy atom. The van der Waals surface area contributed by atoms with Crippen molar-refractivity contribution in [2.75, 3.05) is 5.73 Å². The summed E-state index contributed by atoms with van der Waals surface area (Å²) < 4.78 is 0. The second-order valence-corrected chi connectivity index (χ2v) is 4.25. The molecule has 0 aliphatic carbocycles. The van der Waals surface area contributed by atoms with Crippen LogP contribution < -0.4 is 5.73 Å². The molecule has 0 fully saturated rings. The maximum absolute atomic E-state index is 10.4. The quantitative estimate of drug-likeness (QED) is 0.777. The van der Waals surface area contributed by atoms with Crippen LogP contribution in [0.15, 0.2) is 34.3 Å². The number of hydrogen-bond donors (Lipinski definition) is 2. The number of aliphatic hydroxyl groups excluding tert-OH is 1. The van der Waals surface area contributed by atoms with E-state index < -0.39 is 11.8 Å². The average Bonchev–Trinajstić information content (AvgIpc) is 2.79. The van der Waals surface area contributed by atoms with Crippen molar-refractivity contribution in [3.63, 3.8) is 0 Å². The van der Waals surface area contributed by atoms with Crippen molar-refractivity contribution in [2.24, 2.45) is 9.98 Å². The van der Waals surface area contributed by atoms with Gasteiger partial charge in [-0.1, -0.05) is 25.5 Å². The van der Waals surface area contributed by atoms with Crippen molar-refractivity contribution in [1.82, 2.24) is 0 Å². The van der Waals surface area contributed by atoms with E-state index in [0.29, 0.717) is 5.69 Å². The average molecular weight is 231 g/mol. The fraction of sp³-hybridized carbons (Fsp3) is 0.385. The predicted molar refractivity (Wildman–Crippen MR) is 70.4 cm³/mol. The van der Waals surface area contributed by atoms with Crippen molar-refractivity contribution in [3.05, 3.63) is 29.8 Å². The second-order valence-electron chi connectivity index (χ2n) is 4.25. The Labute approximate surface area is 101 Å². The van der Waals surface area contributed by atoms with Crippen LogP contribution in [0.2, 0.25) is 0 Å². The van der Waals surface area contributed by atoms with Gasteiger partial charge in [0.25, 0.3) is 0 Å². The first-order chi connectivity index (χ1) is 8.18. The molecule has 0 spiro atoms. The first-order valence-electron chi connectivity index (χ1n) is 5.80. The molecule has 2 rings (SSSR count). The van der Waals surface area contributed by atoms with Gasteiger partial charge in [-0.05, 0) is 24.1 Å². The highest BCUT2D eigenvalue weighted by Crippen LogP contribution is 2.36. The summed E-state index contributed by atoms with van der Waals surface area (Å²) in [5.41, 5.74) is 6.37. The Kier molecular flexibility index (Phi) is 3.24. The molecule has 4 nitrogen and oxygen atoms in total. The van der Waals surface area contributed by atoms with Gasteiger partial charge < -0.3 is 10.8 Å². The van der Waals surface area contributed by atoms with Gasteiger partial charge in [0.1, 0.15) is 6.10 Å². The van der Waals surface area contributed by atoms with E-state index in [9.17, 15) is 5.11 Å². The van der Waals surface area contributed by atoms with Crippen LogP contribution in [0.4, 0.5) is 5.69 Å². The number of hydrogen-bond acceptors (Lipinski definition) is 4. The summed E-state index contributed by atoms with van der Waals surface area (Å²) in [7, 11) is 0. The number of aliphatic imine (C=N–C) groups is 2. The SMILES string of the molecule is CCCC1(C(O)c2ccc(N)cc2)N=CC=N1. The van der Waals surface area contributed by atoms with Gasteiger partial charge in [-0.3, -0.25) is 9.98 Å². The number of nitrogen functional groups attached to an aromatic ring is 1. The summed E-state index contributed by atoms with van der Waals surface area (Å²) in [6.45, 7) is 2.06. The Morgan fingerprint density at radius 1 is 1.24 bits per heavy atom. The zero-order valence-corrected chi connectivity index (χ0v) is 9.87. The molecule has 17 heavy (non-hydrogen) atoms. The molecule has 0 radical (unpaired) electrons. The molecule has 1 heterocycles. The van der Waals surface area contributed by atoms with Gasteiger partial charge in [0, 0.05) is 18.1 Å². The maximum atomic E-state index is 10.4. The monoisotopic (exact) mass is 231 g/mol. The van der Waals surface area contributed by atoms with E-state index in [4.69, 9.17) is 5.73 Å². The van der Waals surface area contributed by atoms with Crippen molar-refractivity contribution in [2.45, 2.75) is 31.5 Å². The Hall–Kier alpha value is -1.68. The largest absolute Gasteiger partial charge is 0.399 e. The molecule has 0 saturated carbocycles. The highest BCUT2D eigenvalue weighted by Gasteiger charge is 2.38. The minimum Gasteiger partial charge on any atom is -0.399 e. The summed E-state index contributed by atoms with van der Waals surface area (Å²) in [5, 5.41) is 10.4. The van der Waals surface area contributed by atoms with Crippen LogP contribution in [0.3, 0.4) is 0 Å². The minimum absolute atomic E-state index is 0.684. The Morgan fingerprint density at radius 3 is 2.35 bits per heavy atom. The van der Waals surface area contributed by atoms with Crippen LogP contribution in [-0.2, 0) is 0 Å². The van der Waals surface area contributed by atoms with Gasteiger partial charge in [-0.15, -0.1) is 0 Å². The third-order valence-corrected chi connectivity index (χ3v) is 2.97. The molecule has 1 aliphatic rings. The van der Waals surface area contributed by atoms with Gasteiger partial charge in [0.15, 0.2) is 5.66 Å². The summed E-state index contributed by atoms with van der Waals surface area (Å²) in [6.07, 6.45) is 4.22. The lowest BCUT2D eigenvalue weighted by Gasteiger charge is -2.28. The summed E-state index contributed by atoms with van der Waals surface area (Å²) in [4.78, 5) is 8.65. The molecule has 3 N–H and O–H groups in total. The smallest absolute Gasteiger partial charge is 0.179 e. The number of anilines is 1. The number of rotatable bonds is 4.